The Kier molecular flexibility index (Phi) is 23.8. The van der Waals surface area contributed by atoms with E-state index in [4.69, 9.17) is 14.2 Å². The number of methoxy groups -OCH3 is 1. The van der Waals surface area contributed by atoms with Crippen molar-refractivity contribution in [1.29, 1.82) is 5.26 Å². The number of nitriles is 1. The molecule has 30 nitrogen and oxygen atoms in total. The zero-order chi connectivity index (χ0) is 68.3. The number of benzene rings is 4. The molecule has 5 aliphatic rings. The predicted molar refractivity (Wildman–Crippen MR) is 340 cm³/mol. The lowest BCUT2D eigenvalue weighted by Crippen LogP contribution is -2.64. The molecule has 7 unspecified atom stereocenters. The van der Waals surface area contributed by atoms with Crippen LogP contribution in [0, 0.1) is 17.2 Å². The number of nitrogens with one attached hydrogen (secondary N) is 5. The molecule has 7 amide bonds. The van der Waals surface area contributed by atoms with Crippen LogP contribution in [0.25, 0.3) is 0 Å². The van der Waals surface area contributed by atoms with E-state index in [1.165, 1.54) is 18.6 Å². The van der Waals surface area contributed by atoms with E-state index in [2.05, 4.69) is 87.1 Å². The molecule has 0 aliphatic carbocycles. The van der Waals surface area contributed by atoms with Crippen LogP contribution >= 0.6 is 12.3 Å². The number of fused-ring (bicyclic) bond motifs is 2. The summed E-state index contributed by atoms with van der Waals surface area (Å²) in [5.74, 6) is -9.52. The van der Waals surface area contributed by atoms with Crippen molar-refractivity contribution in [2.24, 2.45) is 5.92 Å². The zero-order valence-electron chi connectivity index (χ0n) is 52.5. The molecule has 13 N–H and O–H groups in total. The highest BCUT2D eigenvalue weighted by Gasteiger charge is 2.50. The number of rotatable bonds is 17. The molecule has 5 fully saturated rings. The van der Waals surface area contributed by atoms with Crippen molar-refractivity contribution in [1.82, 2.24) is 36.4 Å². The van der Waals surface area contributed by atoms with Crippen LogP contribution in [0.2, 0.25) is 0 Å². The Balaban J connectivity index is 0.923. The third-order valence-corrected chi connectivity index (χ3v) is 18.7. The van der Waals surface area contributed by atoms with Crippen LogP contribution in [-0.2, 0) is 54.9 Å². The molecule has 0 aromatic heterocycles. The van der Waals surface area contributed by atoms with Gasteiger partial charge in [0, 0.05) is 114 Å². The van der Waals surface area contributed by atoms with Crippen LogP contribution < -0.4 is 45.5 Å². The van der Waals surface area contributed by atoms with Gasteiger partial charge in [0.1, 0.15) is 36.3 Å². The number of phenolic OH excluding ortho intramolecular Hbond substituents is 1. The third-order valence-electron chi connectivity index (χ3n) is 18.3. The average molecular weight is 1340 g/mol. The van der Waals surface area contributed by atoms with Crippen LogP contribution in [0.15, 0.2) is 97.1 Å². The maximum atomic E-state index is 14.7. The van der Waals surface area contributed by atoms with Gasteiger partial charge in [0.15, 0.2) is 11.5 Å². The molecule has 0 bridgehead atoms. The minimum Gasteiger partial charge on any atom is -0.504 e. The van der Waals surface area contributed by atoms with Gasteiger partial charge in [0.05, 0.1) is 54.7 Å². The third kappa shape index (κ3) is 16.8. The summed E-state index contributed by atoms with van der Waals surface area (Å²) in [6.07, 6.45) is -11.3. The summed E-state index contributed by atoms with van der Waals surface area (Å²) in [6, 6.07) is 19.4. The number of ether oxygens (including phenoxy) is 1. The molecule has 512 valence electrons. The molecular formula is C64H81N11O19S. The Morgan fingerprint density at radius 1 is 0.716 bits per heavy atom. The number of anilines is 3. The van der Waals surface area contributed by atoms with E-state index < -0.39 is 165 Å². The van der Waals surface area contributed by atoms with E-state index in [0.717, 1.165) is 71.8 Å². The number of carbonyl (C=O) groups excluding carboxylic acids is 7. The van der Waals surface area contributed by atoms with Crippen molar-refractivity contribution in [3.8, 4) is 17.6 Å². The zero-order valence-corrected chi connectivity index (χ0v) is 53.3. The van der Waals surface area contributed by atoms with Gasteiger partial charge in [-0.15, -0.1) is 0 Å². The molecule has 0 saturated carbocycles. The van der Waals surface area contributed by atoms with Gasteiger partial charge >= 0.3 is 0 Å². The minimum absolute atomic E-state index is 0.0713. The summed E-state index contributed by atoms with van der Waals surface area (Å²) in [5.41, 5.74) is 4.10. The Morgan fingerprint density at radius 3 is 1.91 bits per heavy atom. The fourth-order valence-electron chi connectivity index (χ4n) is 12.9. The number of carbonyl (C=O) groups is 7. The van der Waals surface area contributed by atoms with Crippen molar-refractivity contribution >= 4 is 70.7 Å². The van der Waals surface area contributed by atoms with Gasteiger partial charge in [-0.25, -0.2) is 5.26 Å². The molecular weight excluding hydrogens is 1260 g/mol. The summed E-state index contributed by atoms with van der Waals surface area (Å²) in [7, 11) is 1.78. The number of phenols is 1. The first-order valence-electron chi connectivity index (χ1n) is 31.3. The second-order valence-electron chi connectivity index (χ2n) is 24.5. The van der Waals surface area contributed by atoms with Gasteiger partial charge in [-0.3, -0.25) is 33.6 Å². The first-order chi connectivity index (χ1) is 45.5. The van der Waals surface area contributed by atoms with Crippen LogP contribution in [0.3, 0.4) is 0 Å². The molecule has 4 aromatic carbocycles. The first-order valence-corrected chi connectivity index (χ1v) is 31.9. The topological polar surface area (TPSA) is 418 Å². The second-order valence-corrected chi connectivity index (χ2v) is 25.0. The second kappa shape index (κ2) is 31.9. The molecule has 4 aromatic rings. The smallest absolute Gasteiger partial charge is 0.261 e. The van der Waals surface area contributed by atoms with E-state index in [1.807, 2.05) is 18.2 Å². The van der Waals surface area contributed by atoms with Gasteiger partial charge in [-0.2, -0.15) is 5.26 Å². The number of nitrogens with zero attached hydrogens (tertiary/aromatic N) is 6. The normalized spacial score (nSPS) is 26.7. The van der Waals surface area contributed by atoms with Crippen molar-refractivity contribution < 1.29 is 92.9 Å². The molecule has 31 heteroatoms. The molecule has 13 atom stereocenters. The van der Waals surface area contributed by atoms with E-state index in [0.29, 0.717) is 26.2 Å². The highest BCUT2D eigenvalue weighted by atomic mass is 32.2. The number of hydrogen-bond donors (Lipinski definition) is 13. The maximum Gasteiger partial charge on any atom is 0.261 e. The number of piperidine rings is 1. The molecule has 5 saturated heterocycles. The predicted octanol–water partition coefficient (Wildman–Crippen LogP) is -0.914. The van der Waals surface area contributed by atoms with E-state index in [-0.39, 0.29) is 41.3 Å². The highest BCUT2D eigenvalue weighted by Crippen LogP contribution is 2.38. The van der Waals surface area contributed by atoms with Gasteiger partial charge < -0.3 is 95.7 Å². The Hall–Kier alpha value is -8.39. The fourth-order valence-corrected chi connectivity index (χ4v) is 13.2. The Labute approximate surface area is 551 Å². The molecule has 5 aliphatic heterocycles. The number of aromatic hydroxyl groups is 1. The van der Waals surface area contributed by atoms with Crippen LogP contribution in [0.1, 0.15) is 67.4 Å². The molecule has 0 radical (unpaired) electrons. The summed E-state index contributed by atoms with van der Waals surface area (Å²) in [4.78, 5) is 110. The van der Waals surface area contributed by atoms with Gasteiger partial charge in [-0.05, 0) is 91.6 Å². The van der Waals surface area contributed by atoms with E-state index in [9.17, 15) is 74.6 Å². The van der Waals surface area contributed by atoms with Crippen molar-refractivity contribution in [3.05, 3.63) is 114 Å². The number of aliphatic hydroxyl groups is 6. The lowest BCUT2D eigenvalue weighted by Gasteiger charge is -2.42. The molecule has 5 heterocycles. The highest BCUT2D eigenvalue weighted by molar-refractivity contribution is 7.90. The Bertz CT molecular complexity index is 3370. The van der Waals surface area contributed by atoms with Crippen LogP contribution in [0.5, 0.6) is 11.5 Å². The summed E-state index contributed by atoms with van der Waals surface area (Å²) in [5, 5.41) is 113. The standard InChI is InChI=1S/C64H81N11O19S/c1-36-34-75-55(56(36)82)61(87)66-33-44(77)31-46(67-57(83)39-10-12-41(13-11-39)72-25-27-73(28-26-72)43-16-14-42(15-17-43)71-23-20-64(91-3,21-24-71)40-7-5-4-6-8-40)58(84)68-52(37(2)76)62(88)74-35-45(78)32-47(74)59(85)69-53(60(86)70-54(63(75)89)49(80)19-22-65)50(81)29-38-9-18-48(79)51(30-38)92-95-94-93-90/h4-18,30,36-37,44-47,49-50,52-56,76-82,90H,19-21,23-29,31-35H2,1-3H3,(H,66,87)(H,67,83)(H,68,84)(H,69,85)(H,70,86)/t36?,37?,44-,45?,46-,47?,49+,50+,52?,53?,54-,55?,56-/m0/s1. The molecule has 9 rings (SSSR count). The monoisotopic (exact) mass is 1340 g/mol. The van der Waals surface area contributed by atoms with E-state index >= 15 is 0 Å². The maximum absolute atomic E-state index is 14.7. The summed E-state index contributed by atoms with van der Waals surface area (Å²) >= 11 is 0.0713. The van der Waals surface area contributed by atoms with Crippen molar-refractivity contribution in [2.45, 2.75) is 131 Å². The van der Waals surface area contributed by atoms with E-state index in [1.54, 1.807) is 37.4 Å². The van der Waals surface area contributed by atoms with Gasteiger partial charge in [0.2, 0.25) is 35.4 Å². The van der Waals surface area contributed by atoms with Gasteiger partial charge in [0.25, 0.3) is 18.2 Å². The average Bonchev–Trinajstić information content (AvgIpc) is 1.73. The molecule has 95 heavy (non-hydrogen) atoms. The Morgan fingerprint density at radius 2 is 1.31 bits per heavy atom. The first kappa shape index (κ1) is 70.9. The largest absolute Gasteiger partial charge is 0.504 e. The lowest BCUT2D eigenvalue weighted by atomic mass is 9.84. The van der Waals surface area contributed by atoms with Crippen LogP contribution in [0.4, 0.5) is 17.1 Å². The minimum atomic E-state index is -2.15. The van der Waals surface area contributed by atoms with Crippen LogP contribution in [-0.4, -0.2) is 231 Å². The quantitative estimate of drug-likeness (QED) is 0.0263. The van der Waals surface area contributed by atoms with Gasteiger partial charge in [-0.1, -0.05) is 52.7 Å². The number of piperazine rings is 1. The SMILES string of the molecule is COC1(c2ccccc2)CCN(c2ccc(N3CCN(c4ccc(C(=O)N[C@H]5C[C@H](O)CNC(=O)C6[C@@H](O)C(C)CN6C(=O)[C@H]([C@H](O)CC#N)NC(=O)C([C@H](O)Cc6ccc(O)c(OSOOO)c6)NC(=O)C6CC(O)CN6C(=O)C(C(C)O)NC5=O)cc4)CC3)cc2)CC1. The number of β-amino-alcohol motifs (C(OH)–C–C–N with tert-alkyl or cyclic N) is 1. The molecule has 0 spiro atoms. The van der Waals surface area contributed by atoms with Crippen molar-refractivity contribution in [3.63, 3.8) is 0 Å². The summed E-state index contributed by atoms with van der Waals surface area (Å²) in [6.45, 7) is 5.44. The summed E-state index contributed by atoms with van der Waals surface area (Å²) < 4.78 is 15.4. The number of amides is 7. The lowest BCUT2D eigenvalue weighted by molar-refractivity contribution is -0.433. The number of hydrogen-bond acceptors (Lipinski definition) is 24. The number of aliphatic hydroxyl groups excluding tert-OH is 6. The fraction of sp³-hybridized carbons (Fsp3) is 0.500. The van der Waals surface area contributed by atoms with Crippen molar-refractivity contribution in [2.75, 3.05) is 80.7 Å².